The van der Waals surface area contributed by atoms with Gasteiger partial charge >= 0.3 is 0 Å². The first-order chi connectivity index (χ1) is 15.5. The standard InChI is InChI=1S/C24H30N4O3S/c1-17(29)25-19-8-10-20(11-9-19)26-23(30)22(18-5-2-3-6-18)27-12-14-28(15-13-27)24(31)21-7-4-16-32-21/h4,7-11,16,18,22H,2-3,5-6,12-15H2,1H3,(H,25,29)(H,26,30)/t22-/m0/s1. The summed E-state index contributed by atoms with van der Waals surface area (Å²) in [6.07, 6.45) is 4.45. The number of amides is 3. The number of hydrogen-bond acceptors (Lipinski definition) is 5. The zero-order valence-electron chi connectivity index (χ0n) is 18.4. The first-order valence-electron chi connectivity index (χ1n) is 11.3. The quantitative estimate of drug-likeness (QED) is 0.698. The molecule has 2 N–H and O–H groups in total. The predicted molar refractivity (Wildman–Crippen MR) is 127 cm³/mol. The molecule has 1 aliphatic heterocycles. The number of nitrogens with one attached hydrogen (secondary N) is 2. The Kier molecular flexibility index (Phi) is 7.22. The van der Waals surface area contributed by atoms with E-state index in [2.05, 4.69) is 15.5 Å². The number of thiophene rings is 1. The van der Waals surface area contributed by atoms with E-state index in [0.29, 0.717) is 37.8 Å². The van der Waals surface area contributed by atoms with Crippen molar-refractivity contribution >= 4 is 40.4 Å². The fourth-order valence-electron chi connectivity index (χ4n) is 4.77. The number of rotatable bonds is 6. The van der Waals surface area contributed by atoms with Crippen LogP contribution in [0.15, 0.2) is 41.8 Å². The minimum absolute atomic E-state index is 0.0159. The number of hydrogen-bond donors (Lipinski definition) is 2. The molecule has 0 spiro atoms. The smallest absolute Gasteiger partial charge is 0.264 e. The Morgan fingerprint density at radius 1 is 0.938 bits per heavy atom. The average molecular weight is 455 g/mol. The highest BCUT2D eigenvalue weighted by Crippen LogP contribution is 2.32. The average Bonchev–Trinajstić information content (AvgIpc) is 3.50. The molecule has 0 bridgehead atoms. The summed E-state index contributed by atoms with van der Waals surface area (Å²) in [6, 6.07) is 10.8. The zero-order valence-corrected chi connectivity index (χ0v) is 19.2. The summed E-state index contributed by atoms with van der Waals surface area (Å²) in [5.74, 6) is 0.316. The van der Waals surface area contributed by atoms with Crippen LogP contribution in [0.4, 0.5) is 11.4 Å². The number of carbonyl (C=O) groups is 3. The van der Waals surface area contributed by atoms with Crippen molar-refractivity contribution in [3.8, 4) is 0 Å². The lowest BCUT2D eigenvalue weighted by atomic mass is 9.95. The Morgan fingerprint density at radius 2 is 1.56 bits per heavy atom. The minimum Gasteiger partial charge on any atom is -0.335 e. The van der Waals surface area contributed by atoms with Crippen LogP contribution in [-0.4, -0.2) is 59.7 Å². The molecule has 4 rings (SSSR count). The van der Waals surface area contributed by atoms with Gasteiger partial charge in [0.1, 0.15) is 0 Å². The van der Waals surface area contributed by atoms with Crippen LogP contribution in [0, 0.1) is 5.92 Å². The SMILES string of the molecule is CC(=O)Nc1ccc(NC(=O)[C@H](C2CCCC2)N2CCN(C(=O)c3cccs3)CC2)cc1. The molecule has 1 aromatic carbocycles. The molecule has 170 valence electrons. The van der Waals surface area contributed by atoms with Crippen LogP contribution in [0.1, 0.15) is 42.3 Å². The van der Waals surface area contributed by atoms with Crippen LogP contribution in [0.5, 0.6) is 0 Å². The lowest BCUT2D eigenvalue weighted by Gasteiger charge is -2.40. The Balaban J connectivity index is 1.40. The van der Waals surface area contributed by atoms with E-state index in [9.17, 15) is 14.4 Å². The predicted octanol–water partition coefficient (Wildman–Crippen LogP) is 3.66. The second-order valence-corrected chi connectivity index (χ2v) is 9.49. The molecular weight excluding hydrogens is 424 g/mol. The van der Waals surface area contributed by atoms with Crippen molar-refractivity contribution in [1.82, 2.24) is 9.80 Å². The molecule has 2 heterocycles. The molecule has 3 amide bonds. The van der Waals surface area contributed by atoms with Crippen LogP contribution in [-0.2, 0) is 9.59 Å². The van der Waals surface area contributed by atoms with E-state index in [1.807, 2.05) is 34.5 Å². The second-order valence-electron chi connectivity index (χ2n) is 8.54. The van der Waals surface area contributed by atoms with E-state index in [4.69, 9.17) is 0 Å². The largest absolute Gasteiger partial charge is 0.335 e. The Morgan fingerprint density at radius 3 is 2.12 bits per heavy atom. The van der Waals surface area contributed by atoms with Crippen molar-refractivity contribution < 1.29 is 14.4 Å². The van der Waals surface area contributed by atoms with Gasteiger partial charge in [0, 0.05) is 44.5 Å². The van der Waals surface area contributed by atoms with Gasteiger partial charge in [-0.2, -0.15) is 0 Å². The van der Waals surface area contributed by atoms with Crippen LogP contribution < -0.4 is 10.6 Å². The first-order valence-corrected chi connectivity index (χ1v) is 12.1. The van der Waals surface area contributed by atoms with E-state index in [1.165, 1.54) is 18.3 Å². The number of piperazine rings is 1. The van der Waals surface area contributed by atoms with Crippen molar-refractivity contribution in [2.45, 2.75) is 38.6 Å². The van der Waals surface area contributed by atoms with Crippen molar-refractivity contribution in [3.63, 3.8) is 0 Å². The Bertz CT molecular complexity index is 931. The molecule has 2 fully saturated rings. The van der Waals surface area contributed by atoms with Crippen LogP contribution in [0.2, 0.25) is 0 Å². The topological polar surface area (TPSA) is 81.8 Å². The molecule has 1 saturated carbocycles. The van der Waals surface area contributed by atoms with Gasteiger partial charge in [-0.05, 0) is 54.5 Å². The van der Waals surface area contributed by atoms with Gasteiger partial charge in [0.05, 0.1) is 10.9 Å². The molecule has 7 nitrogen and oxygen atoms in total. The summed E-state index contributed by atoms with van der Waals surface area (Å²) in [6.45, 7) is 4.15. The molecular formula is C24H30N4O3S. The normalized spacial score (nSPS) is 18.3. The highest BCUT2D eigenvalue weighted by molar-refractivity contribution is 7.12. The van der Waals surface area contributed by atoms with E-state index in [-0.39, 0.29) is 23.8 Å². The van der Waals surface area contributed by atoms with Gasteiger partial charge in [-0.3, -0.25) is 19.3 Å². The van der Waals surface area contributed by atoms with Gasteiger partial charge < -0.3 is 15.5 Å². The van der Waals surface area contributed by atoms with Gasteiger partial charge in [0.2, 0.25) is 11.8 Å². The number of benzene rings is 1. The summed E-state index contributed by atoms with van der Waals surface area (Å²) < 4.78 is 0. The maximum atomic E-state index is 13.4. The zero-order chi connectivity index (χ0) is 22.5. The summed E-state index contributed by atoms with van der Waals surface area (Å²) in [4.78, 5) is 42.2. The molecule has 2 aliphatic rings. The van der Waals surface area contributed by atoms with Gasteiger partial charge in [0.25, 0.3) is 5.91 Å². The number of nitrogens with zero attached hydrogens (tertiary/aromatic N) is 2. The van der Waals surface area contributed by atoms with Gasteiger partial charge in [0.15, 0.2) is 0 Å². The lowest BCUT2D eigenvalue weighted by Crippen LogP contribution is -2.56. The van der Waals surface area contributed by atoms with E-state index < -0.39 is 0 Å². The van der Waals surface area contributed by atoms with E-state index in [0.717, 1.165) is 36.2 Å². The Hall–Kier alpha value is -2.71. The minimum atomic E-state index is -0.188. The third-order valence-corrected chi connectivity index (χ3v) is 7.17. The second kappa shape index (κ2) is 10.3. The van der Waals surface area contributed by atoms with E-state index >= 15 is 0 Å². The number of anilines is 2. The highest BCUT2D eigenvalue weighted by atomic mass is 32.1. The maximum absolute atomic E-state index is 13.4. The summed E-state index contributed by atoms with van der Waals surface area (Å²) in [5.41, 5.74) is 1.42. The van der Waals surface area contributed by atoms with Crippen LogP contribution in [0.3, 0.4) is 0 Å². The fraction of sp³-hybridized carbons (Fsp3) is 0.458. The molecule has 1 aliphatic carbocycles. The van der Waals surface area contributed by atoms with Gasteiger partial charge in [-0.15, -0.1) is 11.3 Å². The molecule has 8 heteroatoms. The molecule has 32 heavy (non-hydrogen) atoms. The van der Waals surface area contributed by atoms with Gasteiger partial charge in [-0.25, -0.2) is 0 Å². The summed E-state index contributed by atoms with van der Waals surface area (Å²) >= 11 is 1.47. The van der Waals surface area contributed by atoms with Crippen LogP contribution >= 0.6 is 11.3 Å². The summed E-state index contributed by atoms with van der Waals surface area (Å²) in [7, 11) is 0. The van der Waals surface area contributed by atoms with Crippen molar-refractivity contribution in [2.24, 2.45) is 5.92 Å². The highest BCUT2D eigenvalue weighted by Gasteiger charge is 2.37. The monoisotopic (exact) mass is 454 g/mol. The van der Waals surface area contributed by atoms with Crippen molar-refractivity contribution in [3.05, 3.63) is 46.7 Å². The summed E-state index contributed by atoms with van der Waals surface area (Å²) in [5, 5.41) is 7.74. The Labute approximate surface area is 192 Å². The number of carbonyl (C=O) groups excluding carboxylic acids is 3. The van der Waals surface area contributed by atoms with Crippen molar-refractivity contribution in [1.29, 1.82) is 0 Å². The van der Waals surface area contributed by atoms with E-state index in [1.54, 1.807) is 12.1 Å². The first kappa shape index (κ1) is 22.5. The molecule has 1 saturated heterocycles. The lowest BCUT2D eigenvalue weighted by molar-refractivity contribution is -0.124. The van der Waals surface area contributed by atoms with Crippen molar-refractivity contribution in [2.75, 3.05) is 36.8 Å². The third kappa shape index (κ3) is 5.37. The third-order valence-electron chi connectivity index (χ3n) is 6.31. The van der Waals surface area contributed by atoms with Gasteiger partial charge in [-0.1, -0.05) is 18.9 Å². The molecule has 1 aromatic heterocycles. The maximum Gasteiger partial charge on any atom is 0.264 e. The fourth-order valence-corrected chi connectivity index (χ4v) is 5.46. The molecule has 2 aromatic rings. The van der Waals surface area contributed by atoms with Crippen LogP contribution in [0.25, 0.3) is 0 Å². The molecule has 0 radical (unpaired) electrons. The molecule has 1 atom stereocenters. The molecule has 0 unspecified atom stereocenters.